The summed E-state index contributed by atoms with van der Waals surface area (Å²) >= 11 is 0. The Kier molecular flexibility index (Phi) is 4.16. The standard InChI is InChI=1S/C11H3N/c1-4-10(5-2)11(6-3)8-7-9-12/h1-3H. The molecule has 0 N–H and O–H groups in total. The Morgan fingerprint density at radius 1 is 0.917 bits per heavy atom. The van der Waals surface area contributed by atoms with E-state index in [-0.39, 0.29) is 11.1 Å². The summed E-state index contributed by atoms with van der Waals surface area (Å²) in [6.07, 6.45) is 15.1. The quantitative estimate of drug-likeness (QED) is 0.465. The minimum absolute atomic E-state index is 0.195. The summed E-state index contributed by atoms with van der Waals surface area (Å²) in [6.45, 7) is 0. The van der Waals surface area contributed by atoms with E-state index in [4.69, 9.17) is 24.5 Å². The van der Waals surface area contributed by atoms with Gasteiger partial charge in [0.1, 0.15) is 0 Å². The maximum atomic E-state index is 8.12. The van der Waals surface area contributed by atoms with Gasteiger partial charge in [0.25, 0.3) is 0 Å². The van der Waals surface area contributed by atoms with Gasteiger partial charge in [-0.2, -0.15) is 5.26 Å². The van der Waals surface area contributed by atoms with Crippen molar-refractivity contribution in [2.75, 3.05) is 0 Å². The molecule has 1 heteroatoms. The molecule has 0 radical (unpaired) electrons. The third kappa shape index (κ3) is 2.38. The van der Waals surface area contributed by atoms with Crippen LogP contribution in [0.2, 0.25) is 0 Å². The first-order valence-corrected chi connectivity index (χ1v) is 2.84. The second kappa shape index (κ2) is 5.27. The molecule has 0 spiro atoms. The lowest BCUT2D eigenvalue weighted by Crippen LogP contribution is -1.80. The Morgan fingerprint density at radius 3 is 1.75 bits per heavy atom. The van der Waals surface area contributed by atoms with E-state index in [1.165, 1.54) is 0 Å². The van der Waals surface area contributed by atoms with E-state index in [1.807, 2.05) is 0 Å². The first-order chi connectivity index (χ1) is 5.79. The van der Waals surface area contributed by atoms with Crippen LogP contribution < -0.4 is 0 Å². The van der Waals surface area contributed by atoms with Crippen molar-refractivity contribution in [3.05, 3.63) is 11.1 Å². The summed E-state index contributed by atoms with van der Waals surface area (Å²) in [5.41, 5.74) is 0.391. The van der Waals surface area contributed by atoms with Crippen molar-refractivity contribution in [3.63, 3.8) is 0 Å². The van der Waals surface area contributed by atoms with Gasteiger partial charge in [0.15, 0.2) is 6.07 Å². The highest BCUT2D eigenvalue weighted by molar-refractivity contribution is 5.59. The summed E-state index contributed by atoms with van der Waals surface area (Å²) in [5.74, 6) is 11.1. The third-order valence-electron chi connectivity index (χ3n) is 0.926. The second-order valence-corrected chi connectivity index (χ2v) is 1.54. The molecule has 0 fully saturated rings. The number of nitriles is 1. The van der Waals surface area contributed by atoms with E-state index in [2.05, 4.69) is 29.6 Å². The minimum atomic E-state index is 0.195. The molecule has 1 nitrogen and oxygen atoms in total. The van der Waals surface area contributed by atoms with Gasteiger partial charge in [0.05, 0.1) is 11.1 Å². The van der Waals surface area contributed by atoms with Gasteiger partial charge in [-0.1, -0.05) is 17.8 Å². The Balaban J connectivity index is 5.26. The molecule has 0 aromatic heterocycles. The van der Waals surface area contributed by atoms with Crippen molar-refractivity contribution in [1.82, 2.24) is 0 Å². The number of rotatable bonds is 0. The summed E-state index contributed by atoms with van der Waals surface area (Å²) in [5, 5.41) is 8.12. The van der Waals surface area contributed by atoms with Crippen molar-refractivity contribution < 1.29 is 0 Å². The molecular weight excluding hydrogens is 146 g/mol. The van der Waals surface area contributed by atoms with Gasteiger partial charge in [-0.15, -0.1) is 19.3 Å². The lowest BCUT2D eigenvalue weighted by molar-refractivity contribution is 1.55. The smallest absolute Gasteiger partial charge is 0.152 e. The molecule has 52 valence electrons. The van der Waals surface area contributed by atoms with E-state index >= 15 is 0 Å². The lowest BCUT2D eigenvalue weighted by Gasteiger charge is -1.86. The van der Waals surface area contributed by atoms with Crippen LogP contribution in [0.3, 0.4) is 0 Å². The fraction of sp³-hybridized carbons (Fsp3) is 0. The SMILES string of the molecule is C#CC(C#C)=C(C#C)C#CC#N. The highest BCUT2D eigenvalue weighted by Gasteiger charge is 1.93. The highest BCUT2D eigenvalue weighted by atomic mass is 14.2. The topological polar surface area (TPSA) is 23.8 Å². The zero-order valence-electron chi connectivity index (χ0n) is 6.18. The van der Waals surface area contributed by atoms with E-state index in [9.17, 15) is 0 Å². The van der Waals surface area contributed by atoms with Crippen LogP contribution >= 0.6 is 0 Å². The van der Waals surface area contributed by atoms with Crippen LogP contribution in [0.25, 0.3) is 0 Å². The average molecular weight is 149 g/mol. The Hall–Kier alpha value is -2.53. The predicted octanol–water partition coefficient (Wildman–Crippen LogP) is 0.710. The fourth-order valence-electron chi connectivity index (χ4n) is 0.447. The molecular formula is C11H3N. The summed E-state index contributed by atoms with van der Waals surface area (Å²) in [4.78, 5) is 0. The van der Waals surface area contributed by atoms with Crippen molar-refractivity contribution in [2.24, 2.45) is 0 Å². The monoisotopic (exact) mass is 149 g/mol. The zero-order chi connectivity index (χ0) is 9.40. The number of hydrogen-bond acceptors (Lipinski definition) is 1. The summed E-state index contributed by atoms with van der Waals surface area (Å²) in [6, 6.07) is 1.61. The molecule has 0 unspecified atom stereocenters. The molecule has 0 saturated carbocycles. The van der Waals surface area contributed by atoms with Gasteiger partial charge in [-0.05, 0) is 5.92 Å². The lowest BCUT2D eigenvalue weighted by atomic mass is 10.1. The molecule has 0 saturated heterocycles. The zero-order valence-corrected chi connectivity index (χ0v) is 6.18. The van der Waals surface area contributed by atoms with Crippen LogP contribution in [0, 0.1) is 60.2 Å². The van der Waals surface area contributed by atoms with Crippen molar-refractivity contribution in [3.8, 4) is 54.9 Å². The molecule has 0 aromatic carbocycles. The number of nitrogens with zero attached hydrogens (tertiary/aromatic N) is 1. The van der Waals surface area contributed by atoms with E-state index < -0.39 is 0 Å². The molecule has 0 bridgehead atoms. The minimum Gasteiger partial charge on any atom is -0.183 e. The first kappa shape index (κ1) is 9.47. The second-order valence-electron chi connectivity index (χ2n) is 1.54. The van der Waals surface area contributed by atoms with Gasteiger partial charge in [0, 0.05) is 5.92 Å². The number of hydrogen-bond donors (Lipinski definition) is 0. The molecule has 0 amide bonds. The van der Waals surface area contributed by atoms with Crippen LogP contribution in [-0.2, 0) is 0 Å². The van der Waals surface area contributed by atoms with Crippen LogP contribution in [0.5, 0.6) is 0 Å². The van der Waals surface area contributed by atoms with Crippen LogP contribution in [0.15, 0.2) is 11.1 Å². The molecule has 0 aliphatic heterocycles. The van der Waals surface area contributed by atoms with Gasteiger partial charge < -0.3 is 0 Å². The van der Waals surface area contributed by atoms with Crippen molar-refractivity contribution >= 4 is 0 Å². The third-order valence-corrected chi connectivity index (χ3v) is 0.926. The molecule has 12 heavy (non-hydrogen) atoms. The number of terminal acetylenes is 3. The van der Waals surface area contributed by atoms with Crippen molar-refractivity contribution in [1.29, 1.82) is 5.26 Å². The van der Waals surface area contributed by atoms with E-state index in [0.29, 0.717) is 0 Å². The Morgan fingerprint density at radius 2 is 1.42 bits per heavy atom. The maximum Gasteiger partial charge on any atom is 0.152 e. The fourth-order valence-corrected chi connectivity index (χ4v) is 0.447. The summed E-state index contributed by atoms with van der Waals surface area (Å²) in [7, 11) is 0. The Labute approximate surface area is 72.1 Å². The van der Waals surface area contributed by atoms with Crippen LogP contribution in [0.4, 0.5) is 0 Å². The van der Waals surface area contributed by atoms with Crippen LogP contribution in [-0.4, -0.2) is 0 Å². The molecule has 0 heterocycles. The maximum absolute atomic E-state index is 8.12. The molecule has 0 aliphatic carbocycles. The predicted molar refractivity (Wildman–Crippen MR) is 46.9 cm³/mol. The normalized spacial score (nSPS) is 5.33. The van der Waals surface area contributed by atoms with Crippen molar-refractivity contribution in [2.45, 2.75) is 0 Å². The van der Waals surface area contributed by atoms with Gasteiger partial charge in [-0.3, -0.25) is 0 Å². The molecule has 0 atom stereocenters. The van der Waals surface area contributed by atoms with E-state index in [0.717, 1.165) is 0 Å². The van der Waals surface area contributed by atoms with Crippen LogP contribution in [0.1, 0.15) is 0 Å². The average Bonchev–Trinajstić information content (AvgIpc) is 2.12. The van der Waals surface area contributed by atoms with E-state index in [1.54, 1.807) is 6.07 Å². The molecule has 0 rings (SSSR count). The first-order valence-electron chi connectivity index (χ1n) is 2.84. The number of allylic oxidation sites excluding steroid dienone is 2. The Bertz CT molecular complexity index is 409. The molecule has 0 aliphatic rings. The highest BCUT2D eigenvalue weighted by Crippen LogP contribution is 1.98. The molecule has 0 aromatic rings. The van der Waals surface area contributed by atoms with Gasteiger partial charge in [-0.25, -0.2) is 0 Å². The largest absolute Gasteiger partial charge is 0.183 e. The summed E-state index contributed by atoms with van der Waals surface area (Å²) < 4.78 is 0. The van der Waals surface area contributed by atoms with Gasteiger partial charge in [0.2, 0.25) is 0 Å². The van der Waals surface area contributed by atoms with Gasteiger partial charge >= 0.3 is 0 Å².